The van der Waals surface area contributed by atoms with E-state index in [-0.39, 0.29) is 18.2 Å². The summed E-state index contributed by atoms with van der Waals surface area (Å²) in [5.74, 6) is 4.47. The molecule has 0 aliphatic heterocycles. The third-order valence-corrected chi connectivity index (χ3v) is 3.70. The first-order valence-corrected chi connectivity index (χ1v) is 6.69. The molecular weight excluding hydrogens is 277 g/mol. The molecule has 2 N–H and O–H groups in total. The van der Waals surface area contributed by atoms with Crippen LogP contribution in [-0.4, -0.2) is 17.6 Å². The number of anilines is 1. The number of para-hydroxylation sites is 1. The van der Waals surface area contributed by atoms with E-state index in [4.69, 9.17) is 5.11 Å². The monoisotopic (exact) mass is 289 g/mol. The molecule has 0 aliphatic carbocycles. The van der Waals surface area contributed by atoms with Crippen molar-refractivity contribution in [1.82, 2.24) is 0 Å². The average Bonchev–Trinajstić information content (AvgIpc) is 2.80. The lowest BCUT2D eigenvalue weighted by Gasteiger charge is -2.03. The summed E-state index contributed by atoms with van der Waals surface area (Å²) in [6.45, 7) is 1.60. The van der Waals surface area contributed by atoms with Crippen molar-refractivity contribution in [1.29, 1.82) is 0 Å². The fourth-order valence-corrected chi connectivity index (χ4v) is 2.53. The minimum atomic E-state index is -0.477. The van der Waals surface area contributed by atoms with E-state index in [9.17, 15) is 9.18 Å². The van der Waals surface area contributed by atoms with Gasteiger partial charge in [-0.15, -0.1) is 11.3 Å². The Morgan fingerprint density at radius 3 is 2.90 bits per heavy atom. The molecule has 0 aliphatic rings. The van der Waals surface area contributed by atoms with Crippen molar-refractivity contribution in [2.24, 2.45) is 0 Å². The van der Waals surface area contributed by atoms with E-state index < -0.39 is 5.82 Å². The fourth-order valence-electron chi connectivity index (χ4n) is 1.58. The second-order valence-electron chi connectivity index (χ2n) is 4.02. The third-order valence-electron chi connectivity index (χ3n) is 2.54. The number of halogens is 1. The molecule has 3 nitrogen and oxygen atoms in total. The summed E-state index contributed by atoms with van der Waals surface area (Å²) in [6, 6.07) is 7.69. The van der Waals surface area contributed by atoms with Gasteiger partial charge in [0.25, 0.3) is 5.91 Å². The quantitative estimate of drug-likeness (QED) is 0.835. The number of amides is 1. The zero-order valence-electron chi connectivity index (χ0n) is 10.7. The summed E-state index contributed by atoms with van der Waals surface area (Å²) in [5, 5.41) is 11.2. The number of thiophene rings is 1. The molecule has 1 aromatic carbocycles. The van der Waals surface area contributed by atoms with Crippen molar-refractivity contribution < 1.29 is 14.3 Å². The standard InChI is InChI=1S/C15H12FNO2S/c1-10-9-14(20-13(10)7-4-8-18)15(19)17-12-6-3-2-5-11(12)16/h2-3,5-6,9,18H,8H2,1H3,(H,17,19). The summed E-state index contributed by atoms with van der Waals surface area (Å²) in [6.07, 6.45) is 0. The van der Waals surface area contributed by atoms with E-state index >= 15 is 0 Å². The van der Waals surface area contributed by atoms with Gasteiger partial charge in [0.05, 0.1) is 15.4 Å². The highest BCUT2D eigenvalue weighted by Gasteiger charge is 2.13. The zero-order chi connectivity index (χ0) is 14.5. The molecule has 5 heteroatoms. The van der Waals surface area contributed by atoms with Crippen LogP contribution in [0.1, 0.15) is 20.1 Å². The predicted molar refractivity (Wildman–Crippen MR) is 77.4 cm³/mol. The van der Waals surface area contributed by atoms with Gasteiger partial charge in [0.15, 0.2) is 0 Å². The van der Waals surface area contributed by atoms with E-state index in [2.05, 4.69) is 17.2 Å². The van der Waals surface area contributed by atoms with E-state index in [1.165, 1.54) is 23.5 Å². The number of benzene rings is 1. The number of aliphatic hydroxyl groups excluding tert-OH is 1. The summed E-state index contributed by atoms with van der Waals surface area (Å²) >= 11 is 1.21. The van der Waals surface area contributed by atoms with Gasteiger partial charge >= 0.3 is 0 Å². The van der Waals surface area contributed by atoms with E-state index in [0.717, 1.165) is 10.4 Å². The first-order valence-electron chi connectivity index (χ1n) is 5.88. The molecule has 2 rings (SSSR count). The maximum Gasteiger partial charge on any atom is 0.265 e. The van der Waals surface area contributed by atoms with Crippen LogP contribution in [0.3, 0.4) is 0 Å². The van der Waals surface area contributed by atoms with E-state index in [0.29, 0.717) is 4.88 Å². The average molecular weight is 289 g/mol. The summed E-state index contributed by atoms with van der Waals surface area (Å²) in [7, 11) is 0. The van der Waals surface area contributed by atoms with Crippen molar-refractivity contribution in [2.45, 2.75) is 6.92 Å². The summed E-state index contributed by atoms with van der Waals surface area (Å²) in [4.78, 5) is 13.2. The molecule has 0 bridgehead atoms. The van der Waals surface area contributed by atoms with Crippen LogP contribution in [-0.2, 0) is 0 Å². The maximum absolute atomic E-state index is 13.5. The Morgan fingerprint density at radius 1 is 1.45 bits per heavy atom. The predicted octanol–water partition coefficient (Wildman–Crippen LogP) is 2.79. The fraction of sp³-hybridized carbons (Fsp3) is 0.133. The van der Waals surface area contributed by atoms with Gasteiger partial charge < -0.3 is 10.4 Å². The number of aliphatic hydroxyl groups is 1. The first kappa shape index (κ1) is 14.3. The lowest BCUT2D eigenvalue weighted by molar-refractivity contribution is 0.103. The van der Waals surface area contributed by atoms with Crippen LogP contribution in [0.5, 0.6) is 0 Å². The number of nitrogens with one attached hydrogen (secondary N) is 1. The Bertz CT molecular complexity index is 697. The molecule has 1 heterocycles. The number of hydrogen-bond acceptors (Lipinski definition) is 3. The third kappa shape index (κ3) is 3.23. The Labute approximate surface area is 120 Å². The molecule has 0 unspecified atom stereocenters. The number of hydrogen-bond donors (Lipinski definition) is 2. The van der Waals surface area contributed by atoms with Gasteiger partial charge in [-0.05, 0) is 30.7 Å². The molecule has 0 fully saturated rings. The molecule has 0 radical (unpaired) electrons. The first-order chi connectivity index (χ1) is 9.61. The number of rotatable bonds is 2. The maximum atomic E-state index is 13.5. The Kier molecular flexibility index (Phi) is 4.51. The van der Waals surface area contributed by atoms with Crippen LogP contribution in [0.25, 0.3) is 0 Å². The van der Waals surface area contributed by atoms with Gasteiger partial charge in [-0.1, -0.05) is 24.0 Å². The lowest BCUT2D eigenvalue weighted by Crippen LogP contribution is -2.11. The van der Waals surface area contributed by atoms with Crippen molar-refractivity contribution >= 4 is 22.9 Å². The van der Waals surface area contributed by atoms with Crippen LogP contribution in [0.15, 0.2) is 30.3 Å². The van der Waals surface area contributed by atoms with Crippen molar-refractivity contribution in [3.05, 3.63) is 51.5 Å². The zero-order valence-corrected chi connectivity index (χ0v) is 11.6. The second kappa shape index (κ2) is 6.33. The van der Waals surface area contributed by atoms with Crippen LogP contribution in [0.2, 0.25) is 0 Å². The van der Waals surface area contributed by atoms with Gasteiger partial charge in [-0.3, -0.25) is 4.79 Å². The SMILES string of the molecule is Cc1cc(C(=O)Nc2ccccc2F)sc1C#CCO. The molecule has 102 valence electrons. The molecular formula is C15H12FNO2S. The molecule has 0 atom stereocenters. The van der Waals surface area contributed by atoms with Gasteiger partial charge in [-0.25, -0.2) is 4.39 Å². The van der Waals surface area contributed by atoms with Gasteiger partial charge in [0.1, 0.15) is 12.4 Å². The van der Waals surface area contributed by atoms with Gasteiger partial charge in [-0.2, -0.15) is 0 Å². The minimum Gasteiger partial charge on any atom is -0.384 e. The van der Waals surface area contributed by atoms with E-state index in [1.54, 1.807) is 18.2 Å². The highest BCUT2D eigenvalue weighted by atomic mass is 32.1. The number of aryl methyl sites for hydroxylation is 1. The lowest BCUT2D eigenvalue weighted by atomic mass is 10.2. The Morgan fingerprint density at radius 2 is 2.20 bits per heavy atom. The molecule has 0 saturated carbocycles. The van der Waals surface area contributed by atoms with Crippen molar-refractivity contribution in [2.75, 3.05) is 11.9 Å². The second-order valence-corrected chi connectivity index (χ2v) is 5.07. The van der Waals surface area contributed by atoms with Crippen LogP contribution in [0, 0.1) is 24.6 Å². The highest BCUT2D eigenvalue weighted by molar-refractivity contribution is 7.14. The van der Waals surface area contributed by atoms with Gasteiger partial charge in [0.2, 0.25) is 0 Å². The smallest absolute Gasteiger partial charge is 0.265 e. The molecule has 1 amide bonds. The van der Waals surface area contributed by atoms with Crippen LogP contribution < -0.4 is 5.32 Å². The molecule has 0 saturated heterocycles. The van der Waals surface area contributed by atoms with Crippen molar-refractivity contribution in [3.63, 3.8) is 0 Å². The normalized spacial score (nSPS) is 9.75. The topological polar surface area (TPSA) is 49.3 Å². The molecule has 20 heavy (non-hydrogen) atoms. The highest BCUT2D eigenvalue weighted by Crippen LogP contribution is 2.22. The van der Waals surface area contributed by atoms with Crippen LogP contribution in [0.4, 0.5) is 10.1 Å². The minimum absolute atomic E-state index is 0.145. The van der Waals surface area contributed by atoms with E-state index in [1.807, 2.05) is 6.92 Å². The number of carbonyl (C=O) groups is 1. The Hall–Kier alpha value is -2.16. The van der Waals surface area contributed by atoms with Crippen LogP contribution >= 0.6 is 11.3 Å². The summed E-state index contributed by atoms with van der Waals surface area (Å²) < 4.78 is 13.5. The van der Waals surface area contributed by atoms with Gasteiger partial charge in [0, 0.05) is 0 Å². The molecule has 2 aromatic rings. The molecule has 1 aromatic heterocycles. The van der Waals surface area contributed by atoms with Crippen molar-refractivity contribution in [3.8, 4) is 11.8 Å². The molecule has 0 spiro atoms. The largest absolute Gasteiger partial charge is 0.384 e. The summed E-state index contributed by atoms with van der Waals surface area (Å²) in [5.41, 5.74) is 1.00. The Balaban J connectivity index is 2.20. The number of carbonyl (C=O) groups excluding carboxylic acids is 1.